The zero-order valence-electron chi connectivity index (χ0n) is 8.59. The van der Waals surface area contributed by atoms with E-state index in [2.05, 4.69) is 13.8 Å². The van der Waals surface area contributed by atoms with Gasteiger partial charge in [0.2, 0.25) is 0 Å². The minimum absolute atomic E-state index is 0.146. The van der Waals surface area contributed by atoms with Crippen molar-refractivity contribution in [2.24, 2.45) is 0 Å². The highest BCUT2D eigenvalue weighted by atomic mass is 19.1. The minimum atomic E-state index is -0.146. The van der Waals surface area contributed by atoms with Crippen LogP contribution in [0.25, 0.3) is 0 Å². The lowest BCUT2D eigenvalue weighted by molar-refractivity contribution is 0.00943. The molecule has 2 unspecified atom stereocenters. The Morgan fingerprint density at radius 1 is 1.50 bits per heavy atom. The van der Waals surface area contributed by atoms with Crippen molar-refractivity contribution in [2.75, 3.05) is 0 Å². The smallest absolute Gasteiger partial charge is 0.123 e. The molecule has 76 valence electrons. The van der Waals surface area contributed by atoms with E-state index in [-0.39, 0.29) is 11.9 Å². The summed E-state index contributed by atoms with van der Waals surface area (Å²) < 4.78 is 18.7. The highest BCUT2D eigenvalue weighted by molar-refractivity contribution is 5.32. The summed E-state index contributed by atoms with van der Waals surface area (Å²) in [6.07, 6.45) is 1.22. The first kappa shape index (κ1) is 9.66. The van der Waals surface area contributed by atoms with Crippen molar-refractivity contribution < 1.29 is 9.13 Å². The second-order valence-electron chi connectivity index (χ2n) is 3.89. The largest absolute Gasteiger partial charge is 0.373 e. The summed E-state index contributed by atoms with van der Waals surface area (Å²) in [6, 6.07) is 4.97. The molecule has 0 bridgehead atoms. The van der Waals surface area contributed by atoms with Gasteiger partial charge in [0.15, 0.2) is 0 Å². The summed E-state index contributed by atoms with van der Waals surface area (Å²) in [7, 11) is 0. The van der Waals surface area contributed by atoms with Gasteiger partial charge in [-0.15, -0.1) is 0 Å². The van der Waals surface area contributed by atoms with Gasteiger partial charge in [0.25, 0.3) is 0 Å². The van der Waals surface area contributed by atoms with Crippen molar-refractivity contribution in [3.63, 3.8) is 0 Å². The Bertz CT molecular complexity index is 335. The maximum atomic E-state index is 13.1. The molecule has 0 amide bonds. The van der Waals surface area contributed by atoms with E-state index in [1.54, 1.807) is 6.07 Å². The molecular formula is C12H15FO. The van der Waals surface area contributed by atoms with Crippen LogP contribution in [0.2, 0.25) is 0 Å². The van der Waals surface area contributed by atoms with E-state index in [4.69, 9.17) is 4.74 Å². The highest BCUT2D eigenvalue weighted by Crippen LogP contribution is 2.32. The lowest BCUT2D eigenvalue weighted by atomic mass is 9.88. The van der Waals surface area contributed by atoms with Crippen LogP contribution in [0.15, 0.2) is 18.2 Å². The van der Waals surface area contributed by atoms with Gasteiger partial charge in [-0.3, -0.25) is 0 Å². The summed E-state index contributed by atoms with van der Waals surface area (Å²) in [4.78, 5) is 0. The summed E-state index contributed by atoms with van der Waals surface area (Å²) in [5, 5.41) is 0. The zero-order valence-corrected chi connectivity index (χ0v) is 8.59. The van der Waals surface area contributed by atoms with E-state index in [1.165, 1.54) is 6.07 Å². The van der Waals surface area contributed by atoms with E-state index in [0.29, 0.717) is 12.5 Å². The van der Waals surface area contributed by atoms with Crippen LogP contribution < -0.4 is 0 Å². The molecule has 0 radical (unpaired) electrons. The number of fused-ring (bicyclic) bond motifs is 1. The highest BCUT2D eigenvalue weighted by Gasteiger charge is 2.25. The third-order valence-corrected chi connectivity index (χ3v) is 3.01. The van der Waals surface area contributed by atoms with Crippen LogP contribution in [0.1, 0.15) is 37.3 Å². The molecular weight excluding hydrogens is 179 g/mol. The van der Waals surface area contributed by atoms with Crippen molar-refractivity contribution in [2.45, 2.75) is 38.9 Å². The van der Waals surface area contributed by atoms with Crippen LogP contribution in [0.4, 0.5) is 4.39 Å². The fourth-order valence-corrected chi connectivity index (χ4v) is 2.13. The van der Waals surface area contributed by atoms with Gasteiger partial charge in [-0.1, -0.05) is 19.9 Å². The van der Waals surface area contributed by atoms with Gasteiger partial charge in [-0.05, 0) is 29.7 Å². The topological polar surface area (TPSA) is 9.23 Å². The summed E-state index contributed by atoms with van der Waals surface area (Å²) in [5.74, 6) is 0.159. The van der Waals surface area contributed by atoms with Crippen LogP contribution in [0.5, 0.6) is 0 Å². The fraction of sp³-hybridized carbons (Fsp3) is 0.500. The van der Waals surface area contributed by atoms with Gasteiger partial charge in [-0.25, -0.2) is 4.39 Å². The molecule has 1 heterocycles. The molecule has 0 aliphatic carbocycles. The Morgan fingerprint density at radius 2 is 2.29 bits per heavy atom. The third kappa shape index (κ3) is 1.55. The third-order valence-electron chi connectivity index (χ3n) is 3.01. The van der Waals surface area contributed by atoms with Crippen LogP contribution in [0.3, 0.4) is 0 Å². The van der Waals surface area contributed by atoms with Gasteiger partial charge in [0.05, 0.1) is 12.7 Å². The molecule has 14 heavy (non-hydrogen) atoms. The standard InChI is InChI=1S/C12H15FO/c1-3-12-8(2)11-6-10(13)5-4-9(11)7-14-12/h4-6,8,12H,3,7H2,1-2H3. The first-order valence-corrected chi connectivity index (χ1v) is 5.12. The molecule has 2 rings (SSSR count). The van der Waals surface area contributed by atoms with Gasteiger partial charge >= 0.3 is 0 Å². The number of hydrogen-bond acceptors (Lipinski definition) is 1. The first-order chi connectivity index (χ1) is 6.72. The number of rotatable bonds is 1. The molecule has 1 aliphatic rings. The molecule has 1 nitrogen and oxygen atoms in total. The van der Waals surface area contributed by atoms with Crippen molar-refractivity contribution in [1.82, 2.24) is 0 Å². The van der Waals surface area contributed by atoms with E-state index >= 15 is 0 Å². The number of halogens is 1. The van der Waals surface area contributed by atoms with Crippen LogP contribution in [0, 0.1) is 5.82 Å². The number of benzene rings is 1. The van der Waals surface area contributed by atoms with E-state index in [1.807, 2.05) is 6.07 Å². The lowest BCUT2D eigenvalue weighted by Gasteiger charge is -2.30. The maximum absolute atomic E-state index is 13.1. The van der Waals surface area contributed by atoms with Crippen LogP contribution in [-0.4, -0.2) is 6.10 Å². The van der Waals surface area contributed by atoms with E-state index in [0.717, 1.165) is 17.5 Å². The fourth-order valence-electron chi connectivity index (χ4n) is 2.13. The van der Waals surface area contributed by atoms with Crippen molar-refractivity contribution in [3.8, 4) is 0 Å². The summed E-state index contributed by atoms with van der Waals surface area (Å²) in [6.45, 7) is 4.83. The minimum Gasteiger partial charge on any atom is -0.373 e. The Kier molecular flexibility index (Phi) is 2.55. The Labute approximate surface area is 83.9 Å². The van der Waals surface area contributed by atoms with Crippen LogP contribution in [-0.2, 0) is 11.3 Å². The molecule has 2 atom stereocenters. The Balaban J connectivity index is 2.38. The predicted octanol–water partition coefficient (Wildman–Crippen LogP) is 3.24. The lowest BCUT2D eigenvalue weighted by Crippen LogP contribution is -2.25. The quantitative estimate of drug-likeness (QED) is 0.667. The number of hydrogen-bond donors (Lipinski definition) is 0. The van der Waals surface area contributed by atoms with Crippen molar-refractivity contribution in [1.29, 1.82) is 0 Å². The summed E-state index contributed by atoms with van der Waals surface area (Å²) in [5.41, 5.74) is 2.24. The average molecular weight is 194 g/mol. The molecule has 1 aromatic carbocycles. The molecule has 0 saturated heterocycles. The molecule has 0 aromatic heterocycles. The molecule has 0 saturated carbocycles. The Hall–Kier alpha value is -0.890. The maximum Gasteiger partial charge on any atom is 0.123 e. The molecule has 2 heteroatoms. The average Bonchev–Trinajstić information content (AvgIpc) is 2.20. The van der Waals surface area contributed by atoms with Gasteiger partial charge in [0, 0.05) is 5.92 Å². The first-order valence-electron chi connectivity index (χ1n) is 5.12. The molecule has 1 aliphatic heterocycles. The Morgan fingerprint density at radius 3 is 3.00 bits per heavy atom. The van der Waals surface area contributed by atoms with E-state index in [9.17, 15) is 4.39 Å². The van der Waals surface area contributed by atoms with Crippen molar-refractivity contribution >= 4 is 0 Å². The molecule has 0 spiro atoms. The monoisotopic (exact) mass is 194 g/mol. The summed E-state index contributed by atoms with van der Waals surface area (Å²) >= 11 is 0. The molecule has 0 fully saturated rings. The van der Waals surface area contributed by atoms with Gasteiger partial charge in [-0.2, -0.15) is 0 Å². The van der Waals surface area contributed by atoms with Crippen LogP contribution >= 0.6 is 0 Å². The normalized spacial score (nSPS) is 25.9. The SMILES string of the molecule is CCC1OCc2ccc(F)cc2C1C. The second kappa shape index (κ2) is 3.70. The molecule has 1 aromatic rings. The van der Waals surface area contributed by atoms with Crippen molar-refractivity contribution in [3.05, 3.63) is 35.1 Å². The van der Waals surface area contributed by atoms with E-state index < -0.39 is 0 Å². The zero-order chi connectivity index (χ0) is 10.1. The van der Waals surface area contributed by atoms with Gasteiger partial charge < -0.3 is 4.74 Å². The number of ether oxygens (including phenoxy) is 1. The van der Waals surface area contributed by atoms with Gasteiger partial charge in [0.1, 0.15) is 5.82 Å². The predicted molar refractivity (Wildman–Crippen MR) is 53.7 cm³/mol. The molecule has 0 N–H and O–H groups in total. The second-order valence-corrected chi connectivity index (χ2v) is 3.89.